The van der Waals surface area contributed by atoms with Gasteiger partial charge in [-0.2, -0.15) is 0 Å². The van der Waals surface area contributed by atoms with Gasteiger partial charge < -0.3 is 20.4 Å². The lowest BCUT2D eigenvalue weighted by atomic mass is 9.98. The van der Waals surface area contributed by atoms with Crippen molar-refractivity contribution in [2.75, 3.05) is 6.54 Å². The van der Waals surface area contributed by atoms with Crippen LogP contribution in [0.15, 0.2) is 17.0 Å². The number of hydrogen-bond donors (Lipinski definition) is 1. The van der Waals surface area contributed by atoms with Crippen molar-refractivity contribution < 1.29 is 9.45 Å². The topological polar surface area (TPSA) is 113 Å². The highest BCUT2D eigenvalue weighted by Crippen LogP contribution is 2.25. The molecule has 8 nitrogen and oxygen atoms in total. The van der Waals surface area contributed by atoms with Crippen LogP contribution in [0, 0.1) is 16.0 Å². The maximum absolute atomic E-state index is 10.9. The Kier molecular flexibility index (Phi) is 5.86. The summed E-state index contributed by atoms with van der Waals surface area (Å²) in [6.07, 6.45) is 7.96. The highest BCUT2D eigenvalue weighted by molar-refractivity contribution is 5.56. The van der Waals surface area contributed by atoms with Crippen LogP contribution in [0.25, 0.3) is 11.5 Å². The molecule has 2 aromatic rings. The summed E-state index contributed by atoms with van der Waals surface area (Å²) in [5.41, 5.74) is 7.06. The molecule has 0 aromatic carbocycles. The Labute approximate surface area is 134 Å². The van der Waals surface area contributed by atoms with E-state index >= 15 is 0 Å². The van der Waals surface area contributed by atoms with E-state index in [1.165, 1.54) is 10.8 Å². The zero-order valence-electron chi connectivity index (χ0n) is 13.6. The van der Waals surface area contributed by atoms with E-state index in [9.17, 15) is 10.1 Å². The zero-order chi connectivity index (χ0) is 16.8. The predicted molar refractivity (Wildman–Crippen MR) is 85.7 cm³/mol. The zero-order valence-corrected chi connectivity index (χ0v) is 13.6. The van der Waals surface area contributed by atoms with Crippen LogP contribution in [0.4, 0.5) is 5.82 Å². The fourth-order valence-electron chi connectivity index (χ4n) is 2.65. The predicted octanol–water partition coefficient (Wildman–Crippen LogP) is 2.68. The van der Waals surface area contributed by atoms with E-state index in [1.54, 1.807) is 13.3 Å². The van der Waals surface area contributed by atoms with E-state index in [0.29, 0.717) is 17.4 Å². The highest BCUT2D eigenvalue weighted by atomic mass is 16.6. The van der Waals surface area contributed by atoms with Crippen molar-refractivity contribution in [3.8, 4) is 11.5 Å². The van der Waals surface area contributed by atoms with Crippen LogP contribution in [0.1, 0.15) is 38.2 Å². The van der Waals surface area contributed by atoms with Gasteiger partial charge in [0, 0.05) is 5.56 Å². The van der Waals surface area contributed by atoms with Crippen LogP contribution >= 0.6 is 0 Å². The van der Waals surface area contributed by atoms with Crippen LogP contribution in [-0.4, -0.2) is 26.2 Å². The third kappa shape index (κ3) is 4.16. The van der Waals surface area contributed by atoms with E-state index in [2.05, 4.69) is 17.1 Å². The van der Waals surface area contributed by atoms with E-state index in [-0.39, 0.29) is 5.82 Å². The molecule has 0 amide bonds. The summed E-state index contributed by atoms with van der Waals surface area (Å²) in [5, 5.41) is 14.9. The van der Waals surface area contributed by atoms with Gasteiger partial charge in [0.25, 0.3) is 5.82 Å². The fourth-order valence-corrected chi connectivity index (χ4v) is 2.65. The van der Waals surface area contributed by atoms with Gasteiger partial charge in [-0.3, -0.25) is 0 Å². The lowest BCUT2D eigenvalue weighted by molar-refractivity contribution is -0.391. The molecule has 0 bridgehead atoms. The van der Waals surface area contributed by atoms with Crippen molar-refractivity contribution in [2.45, 2.75) is 39.0 Å². The number of hydrogen-bond acceptors (Lipinski definition) is 6. The van der Waals surface area contributed by atoms with Crippen molar-refractivity contribution in [1.29, 1.82) is 0 Å². The largest absolute Gasteiger partial charge is 0.364 e. The van der Waals surface area contributed by atoms with E-state index < -0.39 is 4.92 Å². The molecule has 1 atom stereocenters. The van der Waals surface area contributed by atoms with E-state index in [0.717, 1.165) is 44.2 Å². The molecule has 2 aromatic heterocycles. The maximum Gasteiger partial charge on any atom is 0.342 e. The number of aromatic nitrogens is 3. The second-order valence-corrected chi connectivity index (χ2v) is 5.87. The van der Waals surface area contributed by atoms with Gasteiger partial charge in [-0.15, -0.1) is 0 Å². The molecular weight excluding hydrogens is 298 g/mol. The van der Waals surface area contributed by atoms with Crippen LogP contribution < -0.4 is 5.73 Å². The summed E-state index contributed by atoms with van der Waals surface area (Å²) in [7, 11) is 1.60. The Morgan fingerprint density at radius 2 is 2.22 bits per heavy atom. The van der Waals surface area contributed by atoms with Crippen molar-refractivity contribution >= 4 is 5.82 Å². The quantitative estimate of drug-likeness (QED) is 0.431. The summed E-state index contributed by atoms with van der Waals surface area (Å²) in [5.74, 6) is 1.03. The van der Waals surface area contributed by atoms with Crippen LogP contribution in [0.5, 0.6) is 0 Å². The number of unbranched alkanes of at least 4 members (excludes halogenated alkanes) is 1. The average molecular weight is 321 g/mol. The van der Waals surface area contributed by atoms with Gasteiger partial charge in [0.15, 0.2) is 5.69 Å². The van der Waals surface area contributed by atoms with Crippen LogP contribution in [0.2, 0.25) is 0 Å². The summed E-state index contributed by atoms with van der Waals surface area (Å²) in [6, 6.07) is 0. The van der Waals surface area contributed by atoms with Crippen molar-refractivity contribution in [3.63, 3.8) is 0 Å². The standard InChI is InChI=1S/C15H23N5O3/c1-11(7-8-16)5-3-4-6-12-10-23-18-14(12)15-17-9-13(19(15)2)20(21)22/h9-11H,3-8,16H2,1-2H3. The molecule has 0 aliphatic heterocycles. The van der Waals surface area contributed by atoms with Gasteiger partial charge in [-0.05, 0) is 36.6 Å². The highest BCUT2D eigenvalue weighted by Gasteiger charge is 2.23. The molecule has 0 radical (unpaired) electrons. The SMILES string of the molecule is CC(CCN)CCCCc1conc1-c1ncc([N+](=O)[O-])n1C. The molecule has 8 heteroatoms. The normalized spacial score (nSPS) is 12.5. The minimum atomic E-state index is -0.463. The van der Waals surface area contributed by atoms with Crippen LogP contribution in [0.3, 0.4) is 0 Å². The first kappa shape index (κ1) is 17.1. The van der Waals surface area contributed by atoms with Crippen molar-refractivity contribution in [1.82, 2.24) is 14.7 Å². The number of nitrogens with zero attached hydrogens (tertiary/aromatic N) is 4. The molecule has 0 fully saturated rings. The monoisotopic (exact) mass is 321 g/mol. The van der Waals surface area contributed by atoms with E-state index in [4.69, 9.17) is 10.3 Å². The number of aryl methyl sites for hydroxylation is 1. The Morgan fingerprint density at radius 3 is 2.87 bits per heavy atom. The average Bonchev–Trinajstić information content (AvgIpc) is 3.10. The van der Waals surface area contributed by atoms with Gasteiger partial charge in [0.1, 0.15) is 12.5 Å². The molecule has 0 saturated carbocycles. The van der Waals surface area contributed by atoms with Gasteiger partial charge in [-0.1, -0.05) is 24.9 Å². The lowest BCUT2D eigenvalue weighted by Crippen LogP contribution is -2.05. The molecule has 1 unspecified atom stereocenters. The Bertz CT molecular complexity index is 649. The van der Waals surface area contributed by atoms with Gasteiger partial charge in [-0.25, -0.2) is 9.55 Å². The minimum Gasteiger partial charge on any atom is -0.364 e. The minimum absolute atomic E-state index is 0.0652. The summed E-state index contributed by atoms with van der Waals surface area (Å²) < 4.78 is 6.47. The Balaban J connectivity index is 1.99. The fraction of sp³-hybridized carbons (Fsp3) is 0.600. The molecule has 0 spiro atoms. The van der Waals surface area contributed by atoms with Gasteiger partial charge in [0.2, 0.25) is 0 Å². The smallest absolute Gasteiger partial charge is 0.342 e. The molecule has 23 heavy (non-hydrogen) atoms. The Hall–Kier alpha value is -2.22. The second-order valence-electron chi connectivity index (χ2n) is 5.87. The first-order chi connectivity index (χ1) is 11.0. The first-order valence-electron chi connectivity index (χ1n) is 7.84. The maximum atomic E-state index is 10.9. The first-order valence-corrected chi connectivity index (χ1v) is 7.84. The molecule has 126 valence electrons. The number of imidazole rings is 1. The molecule has 0 aliphatic carbocycles. The number of rotatable bonds is 9. The molecule has 0 aliphatic rings. The molecule has 2 heterocycles. The molecule has 2 rings (SSSR count). The third-order valence-electron chi connectivity index (χ3n) is 4.06. The molecule has 2 N–H and O–H groups in total. The van der Waals surface area contributed by atoms with Crippen molar-refractivity contribution in [3.05, 3.63) is 28.1 Å². The van der Waals surface area contributed by atoms with Gasteiger partial charge in [0.05, 0.1) is 7.05 Å². The molecule has 0 saturated heterocycles. The molecular formula is C15H23N5O3. The lowest BCUT2D eigenvalue weighted by Gasteiger charge is -2.08. The van der Waals surface area contributed by atoms with Crippen LogP contribution in [-0.2, 0) is 13.5 Å². The van der Waals surface area contributed by atoms with Crippen molar-refractivity contribution in [2.24, 2.45) is 18.7 Å². The third-order valence-corrected chi connectivity index (χ3v) is 4.06. The number of nitro groups is 1. The van der Waals surface area contributed by atoms with Gasteiger partial charge >= 0.3 is 5.82 Å². The Morgan fingerprint density at radius 1 is 1.43 bits per heavy atom. The number of nitrogens with two attached hydrogens (primary N) is 1. The van der Waals surface area contributed by atoms with E-state index in [1.807, 2.05) is 0 Å². The summed E-state index contributed by atoms with van der Waals surface area (Å²) in [4.78, 5) is 14.6. The summed E-state index contributed by atoms with van der Waals surface area (Å²) in [6.45, 7) is 2.94. The summed E-state index contributed by atoms with van der Waals surface area (Å²) >= 11 is 0. The second kappa shape index (κ2) is 7.87.